The molecule has 4 rings (SSSR count). The smallest absolute Gasteiger partial charge is 0.407 e. The van der Waals surface area contributed by atoms with Crippen molar-refractivity contribution in [3.8, 4) is 0 Å². The number of aryl methyl sites for hydroxylation is 2. The van der Waals surface area contributed by atoms with Crippen molar-refractivity contribution in [2.24, 2.45) is 0 Å². The Kier molecular flexibility index (Phi) is 9.00. The molecule has 1 amide bonds. The van der Waals surface area contributed by atoms with Crippen LogP contribution in [-0.4, -0.2) is 35.0 Å². The number of hydrogen-bond acceptors (Lipinski definition) is 7. The summed E-state index contributed by atoms with van der Waals surface area (Å²) in [6.07, 6.45) is 3.13. The van der Waals surface area contributed by atoms with Crippen molar-refractivity contribution < 1.29 is 23.9 Å². The molecule has 2 aromatic carbocycles. The van der Waals surface area contributed by atoms with Crippen LogP contribution in [0.25, 0.3) is 10.8 Å². The van der Waals surface area contributed by atoms with E-state index >= 15 is 0 Å². The van der Waals surface area contributed by atoms with Crippen LogP contribution in [0.15, 0.2) is 67.0 Å². The number of Topliss-reactive ketones (excluding diaryl/α,β-unsaturated/α-hetero) is 1. The number of fused-ring (bicyclic) bond motifs is 1. The maximum atomic E-state index is 13.6. The first-order valence-electron chi connectivity index (χ1n) is 13.1. The fourth-order valence-electron chi connectivity index (χ4n) is 4.36. The third kappa shape index (κ3) is 7.76. The lowest BCUT2D eigenvalue weighted by Gasteiger charge is -2.21. The molecule has 0 saturated heterocycles. The van der Waals surface area contributed by atoms with Crippen LogP contribution in [0.2, 0.25) is 0 Å². The summed E-state index contributed by atoms with van der Waals surface area (Å²) in [5.41, 5.74) is 2.70. The summed E-state index contributed by atoms with van der Waals surface area (Å²) in [5, 5.41) is 4.76. The third-order valence-electron chi connectivity index (χ3n) is 6.29. The highest BCUT2D eigenvalue weighted by molar-refractivity contribution is 7.12. The zero-order valence-electron chi connectivity index (χ0n) is 23.4. The largest absolute Gasteiger partial charge is 0.456 e. The number of esters is 1. The maximum absolute atomic E-state index is 13.6. The van der Waals surface area contributed by atoms with Gasteiger partial charge in [0.1, 0.15) is 18.0 Å². The van der Waals surface area contributed by atoms with E-state index in [-0.39, 0.29) is 25.4 Å². The second-order valence-corrected chi connectivity index (χ2v) is 12.0. The highest BCUT2D eigenvalue weighted by Crippen LogP contribution is 2.28. The van der Waals surface area contributed by atoms with Crippen LogP contribution in [0.5, 0.6) is 0 Å². The van der Waals surface area contributed by atoms with Gasteiger partial charge in [-0.05, 0) is 75.4 Å². The van der Waals surface area contributed by atoms with Crippen molar-refractivity contribution in [1.29, 1.82) is 0 Å². The number of nitrogens with zero attached hydrogens (tertiary/aromatic N) is 1. The van der Waals surface area contributed by atoms with Gasteiger partial charge >= 0.3 is 12.1 Å². The summed E-state index contributed by atoms with van der Waals surface area (Å²) in [4.78, 5) is 44.4. The van der Waals surface area contributed by atoms with E-state index in [9.17, 15) is 14.4 Å². The molecule has 1 unspecified atom stereocenters. The average Bonchev–Trinajstić information content (AvgIpc) is 3.35. The molecule has 0 aliphatic rings. The fourth-order valence-corrected chi connectivity index (χ4v) is 5.41. The van der Waals surface area contributed by atoms with E-state index in [2.05, 4.69) is 10.3 Å². The lowest BCUT2D eigenvalue weighted by molar-refractivity contribution is -0.119. The number of pyridine rings is 1. The number of alkyl carbamates (subject to hydrolysis) is 1. The molecule has 1 atom stereocenters. The standard InChI is InChI=1S/C32H34N2O5S/c1-20-6-10-26(21(2)14-20)30(36)38-19-25-9-11-29(40-25)27(18-34-31(37)39-32(3,4)5)28(35)16-22-7-8-24-17-33-13-12-23(24)15-22/h6-15,17,27H,16,18-19H2,1-5H3,(H,34,37). The molecule has 208 valence electrons. The SMILES string of the molecule is Cc1ccc(C(=O)OCc2ccc(C(CNC(=O)OC(C)(C)C)C(=O)Cc3ccc4cnccc4c3)s2)c(C)c1. The van der Waals surface area contributed by atoms with Gasteiger partial charge in [-0.2, -0.15) is 0 Å². The molecule has 2 heterocycles. The molecule has 0 saturated carbocycles. The van der Waals surface area contributed by atoms with E-state index in [0.717, 1.165) is 37.2 Å². The predicted molar refractivity (Wildman–Crippen MR) is 157 cm³/mol. The lowest BCUT2D eigenvalue weighted by Crippen LogP contribution is -2.36. The van der Waals surface area contributed by atoms with Crippen LogP contribution >= 0.6 is 11.3 Å². The monoisotopic (exact) mass is 558 g/mol. The number of carbonyl (C=O) groups is 3. The highest BCUT2D eigenvalue weighted by atomic mass is 32.1. The number of hydrogen-bond donors (Lipinski definition) is 1. The molecule has 0 bridgehead atoms. The summed E-state index contributed by atoms with van der Waals surface area (Å²) in [6.45, 7) is 9.40. The molecule has 0 aliphatic heterocycles. The summed E-state index contributed by atoms with van der Waals surface area (Å²) in [5.74, 6) is -1.02. The van der Waals surface area contributed by atoms with Gasteiger partial charge in [0.25, 0.3) is 0 Å². The van der Waals surface area contributed by atoms with Crippen molar-refractivity contribution in [3.05, 3.63) is 99.0 Å². The van der Waals surface area contributed by atoms with E-state index in [0.29, 0.717) is 5.56 Å². The average molecular weight is 559 g/mol. The Labute approximate surface area is 238 Å². The zero-order chi connectivity index (χ0) is 28.9. The summed E-state index contributed by atoms with van der Waals surface area (Å²) >= 11 is 1.39. The number of ketones is 1. The van der Waals surface area contributed by atoms with Gasteiger partial charge in [-0.1, -0.05) is 35.9 Å². The Bertz CT molecular complexity index is 1540. The second-order valence-electron chi connectivity index (χ2n) is 10.8. The minimum atomic E-state index is -0.653. The van der Waals surface area contributed by atoms with Crippen LogP contribution < -0.4 is 5.32 Å². The van der Waals surface area contributed by atoms with Gasteiger partial charge in [0.05, 0.1) is 11.5 Å². The Morgan fingerprint density at radius 1 is 0.975 bits per heavy atom. The number of benzene rings is 2. The molecule has 0 spiro atoms. The molecule has 40 heavy (non-hydrogen) atoms. The first-order valence-corrected chi connectivity index (χ1v) is 14.0. The molecule has 4 aromatic rings. The van der Waals surface area contributed by atoms with Crippen molar-refractivity contribution in [1.82, 2.24) is 10.3 Å². The normalized spacial score (nSPS) is 12.1. The molecule has 7 nitrogen and oxygen atoms in total. The van der Waals surface area contributed by atoms with E-state index < -0.39 is 23.6 Å². The molecule has 0 aliphatic carbocycles. The molecule has 0 radical (unpaired) electrons. The van der Waals surface area contributed by atoms with Crippen molar-refractivity contribution in [2.75, 3.05) is 6.54 Å². The Balaban J connectivity index is 1.49. The number of ether oxygens (including phenoxy) is 2. The Hall–Kier alpha value is -4.04. The van der Waals surface area contributed by atoms with E-state index in [1.807, 2.05) is 62.4 Å². The van der Waals surface area contributed by atoms with Gasteiger partial charge in [0.2, 0.25) is 0 Å². The number of aromatic nitrogens is 1. The molecular weight excluding hydrogens is 524 g/mol. The summed E-state index contributed by atoms with van der Waals surface area (Å²) in [7, 11) is 0. The number of rotatable bonds is 9. The van der Waals surface area contributed by atoms with Gasteiger partial charge in [0.15, 0.2) is 0 Å². The number of carbonyl (C=O) groups excluding carboxylic acids is 3. The van der Waals surface area contributed by atoms with E-state index in [1.165, 1.54) is 11.3 Å². The van der Waals surface area contributed by atoms with Crippen LogP contribution in [0.4, 0.5) is 4.79 Å². The maximum Gasteiger partial charge on any atom is 0.407 e. The van der Waals surface area contributed by atoms with E-state index in [1.54, 1.807) is 39.2 Å². The minimum Gasteiger partial charge on any atom is -0.456 e. The van der Waals surface area contributed by atoms with Gasteiger partial charge in [-0.15, -0.1) is 11.3 Å². The first-order chi connectivity index (χ1) is 19.0. The van der Waals surface area contributed by atoms with Gasteiger partial charge < -0.3 is 14.8 Å². The van der Waals surface area contributed by atoms with Crippen LogP contribution in [-0.2, 0) is 27.3 Å². The zero-order valence-corrected chi connectivity index (χ0v) is 24.3. The molecule has 8 heteroatoms. The van der Waals surface area contributed by atoms with E-state index in [4.69, 9.17) is 9.47 Å². The minimum absolute atomic E-state index is 0.0369. The molecule has 2 aromatic heterocycles. The van der Waals surface area contributed by atoms with Gasteiger partial charge in [-0.3, -0.25) is 9.78 Å². The first kappa shape index (κ1) is 29.0. The third-order valence-corrected chi connectivity index (χ3v) is 7.47. The van der Waals surface area contributed by atoms with Gasteiger partial charge in [-0.25, -0.2) is 9.59 Å². The highest BCUT2D eigenvalue weighted by Gasteiger charge is 2.25. The lowest BCUT2D eigenvalue weighted by atomic mass is 9.95. The van der Waals surface area contributed by atoms with Crippen molar-refractivity contribution in [2.45, 2.75) is 59.2 Å². The number of nitrogens with one attached hydrogen (secondary N) is 1. The van der Waals surface area contributed by atoms with Gasteiger partial charge in [0, 0.05) is 40.5 Å². The van der Waals surface area contributed by atoms with Crippen molar-refractivity contribution in [3.63, 3.8) is 0 Å². The number of amides is 1. The summed E-state index contributed by atoms with van der Waals surface area (Å²) < 4.78 is 10.9. The predicted octanol–water partition coefficient (Wildman–Crippen LogP) is 6.69. The van der Waals surface area contributed by atoms with Crippen molar-refractivity contribution >= 4 is 40.0 Å². The Morgan fingerprint density at radius 3 is 2.52 bits per heavy atom. The molecule has 1 N–H and O–H groups in total. The molecular formula is C32H34N2O5S. The number of thiophene rings is 1. The van der Waals surface area contributed by atoms with Crippen LogP contribution in [0, 0.1) is 13.8 Å². The Morgan fingerprint density at radius 2 is 1.77 bits per heavy atom. The quantitative estimate of drug-likeness (QED) is 0.230. The second kappa shape index (κ2) is 12.4. The molecule has 0 fully saturated rings. The van der Waals surface area contributed by atoms with Crippen LogP contribution in [0.3, 0.4) is 0 Å². The van der Waals surface area contributed by atoms with Crippen LogP contribution in [0.1, 0.15) is 63.5 Å². The summed E-state index contributed by atoms with van der Waals surface area (Å²) in [6, 6.07) is 17.1. The topological polar surface area (TPSA) is 94.6 Å². The fraction of sp³-hybridized carbons (Fsp3) is 0.312.